The molecule has 0 spiro atoms. The largest absolute Gasteiger partial charge is 0.478 e. The minimum absolute atomic E-state index is 0.495. The van der Waals surface area contributed by atoms with Gasteiger partial charge in [-0.15, -0.1) is 11.6 Å². The van der Waals surface area contributed by atoms with Crippen LogP contribution in [0.4, 0.5) is 5.82 Å². The molecule has 5 heteroatoms. The Balaban J connectivity index is 2.25. The van der Waals surface area contributed by atoms with E-state index in [1.165, 1.54) is 19.3 Å². The van der Waals surface area contributed by atoms with Crippen molar-refractivity contribution in [2.45, 2.75) is 45.6 Å². The molecule has 2 rings (SSSR count). The summed E-state index contributed by atoms with van der Waals surface area (Å²) in [5.41, 5.74) is 1.03. The first-order valence-corrected chi connectivity index (χ1v) is 7.58. The van der Waals surface area contributed by atoms with E-state index in [1.807, 2.05) is 13.8 Å². The first-order valence-electron chi connectivity index (χ1n) is 7.05. The molecule has 0 aromatic carbocycles. The highest BCUT2D eigenvalue weighted by Gasteiger charge is 2.25. The molecular formula is C14H22ClN3O. The molecule has 1 saturated heterocycles. The molecule has 0 N–H and O–H groups in total. The smallest absolute Gasteiger partial charge is 0.221 e. The number of anilines is 1. The fraction of sp³-hybridized carbons (Fsp3) is 0.714. The van der Waals surface area contributed by atoms with Crippen molar-refractivity contribution < 1.29 is 4.74 Å². The zero-order valence-corrected chi connectivity index (χ0v) is 12.5. The van der Waals surface area contributed by atoms with Crippen molar-refractivity contribution in [2.24, 2.45) is 0 Å². The van der Waals surface area contributed by atoms with E-state index in [9.17, 15) is 0 Å². The van der Waals surface area contributed by atoms with Crippen LogP contribution in [0.15, 0.2) is 6.33 Å². The molecule has 106 valence electrons. The average molecular weight is 284 g/mol. The quantitative estimate of drug-likeness (QED) is 0.778. The Morgan fingerprint density at radius 2 is 2.26 bits per heavy atom. The lowest BCUT2D eigenvalue weighted by molar-refractivity contribution is 0.323. The third kappa shape index (κ3) is 3.30. The van der Waals surface area contributed by atoms with Crippen LogP contribution in [0.25, 0.3) is 0 Å². The molecule has 1 atom stereocenters. The van der Waals surface area contributed by atoms with Crippen LogP contribution < -0.4 is 9.64 Å². The first kappa shape index (κ1) is 14.4. The van der Waals surface area contributed by atoms with Gasteiger partial charge in [-0.05, 0) is 39.5 Å². The zero-order valence-electron chi connectivity index (χ0n) is 11.7. The Labute approximate surface area is 120 Å². The van der Waals surface area contributed by atoms with Gasteiger partial charge >= 0.3 is 0 Å². The van der Waals surface area contributed by atoms with Crippen molar-refractivity contribution >= 4 is 17.4 Å². The molecular weight excluding hydrogens is 262 g/mol. The van der Waals surface area contributed by atoms with Gasteiger partial charge in [0.15, 0.2) is 0 Å². The summed E-state index contributed by atoms with van der Waals surface area (Å²) in [4.78, 5) is 11.1. The van der Waals surface area contributed by atoms with Gasteiger partial charge in [-0.1, -0.05) is 0 Å². The number of ether oxygens (including phenoxy) is 1. The van der Waals surface area contributed by atoms with Crippen LogP contribution in [-0.2, 0) is 0 Å². The third-order valence-corrected chi connectivity index (χ3v) is 3.85. The molecule has 1 aromatic heterocycles. The van der Waals surface area contributed by atoms with Gasteiger partial charge in [0.05, 0.1) is 12.2 Å². The first-order chi connectivity index (χ1) is 9.27. The van der Waals surface area contributed by atoms with Crippen molar-refractivity contribution in [1.29, 1.82) is 0 Å². The number of hydrogen-bond acceptors (Lipinski definition) is 4. The Morgan fingerprint density at radius 1 is 1.42 bits per heavy atom. The fourth-order valence-electron chi connectivity index (χ4n) is 2.70. The van der Waals surface area contributed by atoms with Crippen molar-refractivity contribution in [1.82, 2.24) is 9.97 Å². The van der Waals surface area contributed by atoms with Crippen LogP contribution in [-0.4, -0.2) is 35.0 Å². The van der Waals surface area contributed by atoms with Gasteiger partial charge in [-0.25, -0.2) is 9.97 Å². The highest BCUT2D eigenvalue weighted by atomic mass is 35.5. The molecule has 1 aliphatic heterocycles. The second kappa shape index (κ2) is 6.94. The van der Waals surface area contributed by atoms with Gasteiger partial charge in [0.1, 0.15) is 12.1 Å². The summed E-state index contributed by atoms with van der Waals surface area (Å²) < 4.78 is 5.56. The van der Waals surface area contributed by atoms with E-state index in [0.717, 1.165) is 24.3 Å². The second-order valence-electron chi connectivity index (χ2n) is 4.88. The topological polar surface area (TPSA) is 38.3 Å². The number of nitrogens with zero attached hydrogens (tertiary/aromatic N) is 3. The summed E-state index contributed by atoms with van der Waals surface area (Å²) in [6, 6.07) is 0.495. The molecule has 0 saturated carbocycles. The van der Waals surface area contributed by atoms with E-state index >= 15 is 0 Å². The number of aromatic nitrogens is 2. The monoisotopic (exact) mass is 283 g/mol. The average Bonchev–Trinajstić information content (AvgIpc) is 2.43. The number of piperidine rings is 1. The van der Waals surface area contributed by atoms with Gasteiger partial charge in [0.2, 0.25) is 5.88 Å². The number of hydrogen-bond donors (Lipinski definition) is 0. The van der Waals surface area contributed by atoms with Crippen molar-refractivity contribution in [3.8, 4) is 5.88 Å². The van der Waals surface area contributed by atoms with Gasteiger partial charge in [0.25, 0.3) is 0 Å². The van der Waals surface area contributed by atoms with Gasteiger partial charge < -0.3 is 9.64 Å². The molecule has 0 amide bonds. The molecule has 0 radical (unpaired) electrons. The van der Waals surface area contributed by atoms with Crippen LogP contribution in [0.1, 0.15) is 38.2 Å². The minimum atomic E-state index is 0.495. The van der Waals surface area contributed by atoms with E-state index in [1.54, 1.807) is 6.33 Å². The van der Waals surface area contributed by atoms with Gasteiger partial charge in [0, 0.05) is 18.5 Å². The molecule has 4 nitrogen and oxygen atoms in total. The van der Waals surface area contributed by atoms with Gasteiger partial charge in [-0.2, -0.15) is 0 Å². The normalized spacial score (nSPS) is 19.5. The molecule has 1 aromatic rings. The zero-order chi connectivity index (χ0) is 13.7. The van der Waals surface area contributed by atoms with Crippen molar-refractivity contribution in [3.63, 3.8) is 0 Å². The summed E-state index contributed by atoms with van der Waals surface area (Å²) >= 11 is 5.92. The van der Waals surface area contributed by atoms with Crippen LogP contribution in [0, 0.1) is 6.92 Å². The van der Waals surface area contributed by atoms with Crippen LogP contribution in [0.3, 0.4) is 0 Å². The molecule has 0 aliphatic carbocycles. The fourth-order valence-corrected chi connectivity index (χ4v) is 2.95. The van der Waals surface area contributed by atoms with Gasteiger partial charge in [-0.3, -0.25) is 0 Å². The standard InChI is InChI=1S/C14H22ClN3O/c1-3-19-14-11(2)13(16-10-17-14)18-9-5-4-6-12(18)7-8-15/h10,12H,3-9H2,1-2H3. The second-order valence-corrected chi connectivity index (χ2v) is 5.26. The SMILES string of the molecule is CCOc1ncnc(N2CCCCC2CCCl)c1C. The Kier molecular flexibility index (Phi) is 5.25. The summed E-state index contributed by atoms with van der Waals surface area (Å²) in [6.45, 7) is 5.68. The summed E-state index contributed by atoms with van der Waals surface area (Å²) in [5, 5.41) is 0. The Bertz CT molecular complexity index is 412. The predicted octanol–water partition coefficient (Wildman–Crippen LogP) is 3.17. The Hall–Kier alpha value is -1.03. The maximum absolute atomic E-state index is 5.92. The molecule has 1 fully saturated rings. The van der Waals surface area contributed by atoms with Crippen LogP contribution in [0.2, 0.25) is 0 Å². The molecule has 1 unspecified atom stereocenters. The number of rotatable bonds is 5. The summed E-state index contributed by atoms with van der Waals surface area (Å²) in [7, 11) is 0. The highest BCUT2D eigenvalue weighted by Crippen LogP contribution is 2.30. The summed E-state index contributed by atoms with van der Waals surface area (Å²) in [6.07, 6.45) is 6.29. The van der Waals surface area contributed by atoms with E-state index < -0.39 is 0 Å². The Morgan fingerprint density at radius 3 is 3.00 bits per heavy atom. The lowest BCUT2D eigenvalue weighted by Crippen LogP contribution is -2.40. The van der Waals surface area contributed by atoms with Crippen LogP contribution in [0.5, 0.6) is 5.88 Å². The molecule has 1 aliphatic rings. The number of halogens is 1. The maximum atomic E-state index is 5.92. The molecule has 19 heavy (non-hydrogen) atoms. The minimum Gasteiger partial charge on any atom is -0.478 e. The maximum Gasteiger partial charge on any atom is 0.221 e. The van der Waals surface area contributed by atoms with E-state index in [0.29, 0.717) is 24.4 Å². The van der Waals surface area contributed by atoms with E-state index in [4.69, 9.17) is 16.3 Å². The molecule has 2 heterocycles. The lowest BCUT2D eigenvalue weighted by atomic mass is 9.99. The van der Waals surface area contributed by atoms with Crippen molar-refractivity contribution in [3.05, 3.63) is 11.9 Å². The van der Waals surface area contributed by atoms with E-state index in [2.05, 4.69) is 14.9 Å². The predicted molar refractivity (Wildman–Crippen MR) is 78.3 cm³/mol. The summed E-state index contributed by atoms with van der Waals surface area (Å²) in [5.74, 6) is 2.40. The highest BCUT2D eigenvalue weighted by molar-refractivity contribution is 6.17. The number of alkyl halides is 1. The van der Waals surface area contributed by atoms with E-state index in [-0.39, 0.29) is 0 Å². The van der Waals surface area contributed by atoms with Crippen LogP contribution >= 0.6 is 11.6 Å². The molecule has 0 bridgehead atoms. The van der Waals surface area contributed by atoms with Crippen molar-refractivity contribution in [2.75, 3.05) is 23.9 Å². The third-order valence-electron chi connectivity index (χ3n) is 3.63. The lowest BCUT2D eigenvalue weighted by Gasteiger charge is -2.37.